The van der Waals surface area contributed by atoms with Crippen molar-refractivity contribution in [3.05, 3.63) is 35.0 Å². The maximum absolute atomic E-state index is 13.5. The summed E-state index contributed by atoms with van der Waals surface area (Å²) in [7, 11) is 0. The van der Waals surface area contributed by atoms with Gasteiger partial charge in [-0.15, -0.1) is 11.3 Å². The minimum Gasteiger partial charge on any atom is -0.379 e. The average Bonchev–Trinajstić information content (AvgIpc) is 3.66. The minimum atomic E-state index is -5.34. The number of carbonyl (C=O) groups excluding carboxylic acids is 2. The molecule has 5 rings (SSSR count). The lowest BCUT2D eigenvalue weighted by atomic mass is 10.1. The number of amidine groups is 1. The zero-order valence-electron chi connectivity index (χ0n) is 19.3. The number of hydrazine groups is 1. The maximum Gasteiger partial charge on any atom is 0.497 e. The summed E-state index contributed by atoms with van der Waals surface area (Å²) in [5.41, 5.74) is 8.43. The van der Waals surface area contributed by atoms with Crippen molar-refractivity contribution in [2.24, 2.45) is 4.99 Å². The highest BCUT2D eigenvalue weighted by molar-refractivity contribution is 7.13. The van der Waals surface area contributed by atoms with Crippen molar-refractivity contribution < 1.29 is 32.2 Å². The fourth-order valence-corrected chi connectivity index (χ4v) is 5.00. The number of amides is 1. The van der Waals surface area contributed by atoms with Crippen molar-refractivity contribution in [1.29, 1.82) is 0 Å². The van der Waals surface area contributed by atoms with Gasteiger partial charge in [-0.3, -0.25) is 20.0 Å². The molecule has 0 spiro atoms. The highest BCUT2D eigenvalue weighted by Gasteiger charge is 2.58. The number of hydrogen-bond donors (Lipinski definition) is 2. The number of hydroxylamine groups is 2. The van der Waals surface area contributed by atoms with Crippen LogP contribution in [0.3, 0.4) is 0 Å². The largest absolute Gasteiger partial charge is 0.497 e. The molecule has 12 nitrogen and oxygen atoms in total. The molecule has 0 bridgehead atoms. The van der Waals surface area contributed by atoms with Gasteiger partial charge in [0.1, 0.15) is 17.8 Å². The predicted molar refractivity (Wildman–Crippen MR) is 125 cm³/mol. The molecule has 1 unspecified atom stereocenters. The number of quaternary nitrogens is 1. The number of thiophene rings is 1. The van der Waals surface area contributed by atoms with E-state index < -0.39 is 22.7 Å². The van der Waals surface area contributed by atoms with Crippen molar-refractivity contribution in [3.63, 3.8) is 0 Å². The molecule has 3 N–H and O–H groups in total. The Morgan fingerprint density at radius 3 is 2.62 bits per heavy atom. The third-order valence-electron chi connectivity index (χ3n) is 5.95. The van der Waals surface area contributed by atoms with Gasteiger partial charge in [-0.25, -0.2) is 14.4 Å². The Hall–Kier alpha value is -3.89. The van der Waals surface area contributed by atoms with E-state index in [1.165, 1.54) is 24.5 Å². The molecule has 0 aromatic carbocycles. The molecule has 16 heteroatoms. The smallest absolute Gasteiger partial charge is 0.379 e. The summed E-state index contributed by atoms with van der Waals surface area (Å²) < 4.78 is 43.8. The first-order chi connectivity index (χ1) is 17.7. The molecule has 5 heterocycles. The third kappa shape index (κ3) is 4.21. The van der Waals surface area contributed by atoms with Crippen LogP contribution in [0.25, 0.3) is 10.6 Å². The summed E-state index contributed by atoms with van der Waals surface area (Å²) in [6.07, 6.45) is -2.37. The number of nitrogens with one attached hydrogen (secondary N) is 1. The van der Waals surface area contributed by atoms with Crippen LogP contribution in [0.2, 0.25) is 0 Å². The van der Waals surface area contributed by atoms with E-state index >= 15 is 0 Å². The first-order valence-electron chi connectivity index (χ1n) is 11.2. The van der Waals surface area contributed by atoms with E-state index in [0.29, 0.717) is 18.0 Å². The van der Waals surface area contributed by atoms with Crippen molar-refractivity contribution in [3.8, 4) is 10.6 Å². The van der Waals surface area contributed by atoms with Crippen LogP contribution in [0.4, 0.5) is 30.4 Å². The van der Waals surface area contributed by atoms with Gasteiger partial charge < -0.3 is 5.73 Å². The topological polar surface area (TPSA) is 149 Å². The second-order valence-corrected chi connectivity index (χ2v) is 9.14. The van der Waals surface area contributed by atoms with Gasteiger partial charge >= 0.3 is 18.0 Å². The summed E-state index contributed by atoms with van der Waals surface area (Å²) >= 11 is 1.30. The Bertz CT molecular complexity index is 1380. The number of alkyl halides is 3. The Kier molecular flexibility index (Phi) is 6.17. The van der Waals surface area contributed by atoms with Gasteiger partial charge in [-0.05, 0) is 46.2 Å². The van der Waals surface area contributed by atoms with E-state index in [1.807, 2.05) is 0 Å². The van der Waals surface area contributed by atoms with Crippen molar-refractivity contribution in [1.82, 2.24) is 30.4 Å². The number of carbonyl (C=O) groups is 2. The second-order valence-electron chi connectivity index (χ2n) is 8.20. The zero-order valence-corrected chi connectivity index (χ0v) is 20.1. The van der Waals surface area contributed by atoms with Crippen LogP contribution in [0.1, 0.15) is 35.8 Å². The number of nitrogen functional groups attached to an aromatic ring is 1. The number of rotatable bonds is 6. The van der Waals surface area contributed by atoms with Crippen LogP contribution in [-0.2, 0) is 9.63 Å². The third-order valence-corrected chi connectivity index (χ3v) is 6.83. The first kappa shape index (κ1) is 24.8. The highest BCUT2D eigenvalue weighted by Crippen LogP contribution is 2.50. The van der Waals surface area contributed by atoms with Crippen molar-refractivity contribution in [2.45, 2.75) is 25.9 Å². The number of pyridine rings is 1. The average molecular weight is 538 g/mol. The van der Waals surface area contributed by atoms with E-state index in [2.05, 4.69) is 30.3 Å². The predicted octanol–water partition coefficient (Wildman–Crippen LogP) is 2.96. The van der Waals surface area contributed by atoms with Gasteiger partial charge in [0.2, 0.25) is 17.2 Å². The molecule has 1 saturated heterocycles. The van der Waals surface area contributed by atoms with Gasteiger partial charge in [0.15, 0.2) is 5.69 Å². The van der Waals surface area contributed by atoms with Gasteiger partial charge in [-0.2, -0.15) is 18.2 Å². The van der Waals surface area contributed by atoms with Crippen LogP contribution in [0.15, 0.2) is 33.3 Å². The summed E-state index contributed by atoms with van der Waals surface area (Å²) in [6.45, 7) is 2.37. The summed E-state index contributed by atoms with van der Waals surface area (Å²) in [5.74, 6) is -3.75. The molecule has 37 heavy (non-hydrogen) atoms. The van der Waals surface area contributed by atoms with Crippen LogP contribution < -0.4 is 15.8 Å². The van der Waals surface area contributed by atoms with Crippen LogP contribution in [0, 0.1) is 0 Å². The van der Waals surface area contributed by atoms with Gasteiger partial charge in [0.05, 0.1) is 4.88 Å². The van der Waals surface area contributed by atoms with Crippen LogP contribution >= 0.6 is 11.3 Å². The van der Waals surface area contributed by atoms with Crippen LogP contribution in [-0.4, -0.2) is 63.8 Å². The molecule has 0 radical (unpaired) electrons. The second kappa shape index (κ2) is 9.20. The maximum atomic E-state index is 13.5. The highest BCUT2D eigenvalue weighted by atomic mass is 32.1. The molecule has 194 valence electrons. The number of fused-ring (bicyclic) bond motifs is 1. The number of anilines is 1. The number of aromatic nitrogens is 3. The number of halogens is 3. The monoisotopic (exact) mass is 537 g/mol. The Morgan fingerprint density at radius 2 is 2.03 bits per heavy atom. The van der Waals surface area contributed by atoms with Gasteiger partial charge in [0, 0.05) is 19.3 Å². The normalized spacial score (nSPS) is 19.5. The molecule has 1 fully saturated rings. The lowest BCUT2D eigenvalue weighted by Crippen LogP contribution is -2.56. The number of nitrogens with zero attached hydrogens (tertiary/aromatic N) is 6. The van der Waals surface area contributed by atoms with E-state index in [0.717, 1.165) is 12.8 Å². The molecular weight excluding hydrogens is 517 g/mol. The number of hydrogen-bond acceptors (Lipinski definition) is 11. The molecule has 0 saturated carbocycles. The molecular formula is C21H20F3N8O4S+. The first-order valence-corrected chi connectivity index (χ1v) is 12.0. The fraction of sp³-hybridized carbons (Fsp3) is 0.333. The molecule has 2 aliphatic rings. The zero-order chi connectivity index (χ0) is 26.4. The Balaban J connectivity index is 1.76. The van der Waals surface area contributed by atoms with Gasteiger partial charge in [0.25, 0.3) is 5.91 Å². The molecule has 0 aliphatic carbocycles. The van der Waals surface area contributed by atoms with E-state index in [4.69, 9.17) is 10.6 Å². The van der Waals surface area contributed by atoms with Crippen molar-refractivity contribution >= 4 is 46.2 Å². The molecule has 1 amide bonds. The SMILES string of the molecule is CC[N+]1(OC(=O)C(F)(F)F)C(c2nonc2N)=Nc2c(-c3cccs3)ncc(C(=O)NN3CCCC3)c21. The van der Waals surface area contributed by atoms with Crippen LogP contribution in [0.5, 0.6) is 0 Å². The van der Waals surface area contributed by atoms with Crippen molar-refractivity contribution in [2.75, 3.05) is 25.4 Å². The molecule has 3 aromatic rings. The molecule has 2 aliphatic heterocycles. The quantitative estimate of drug-likeness (QED) is 0.453. The summed E-state index contributed by atoms with van der Waals surface area (Å²) in [5, 5.41) is 10.7. The summed E-state index contributed by atoms with van der Waals surface area (Å²) in [6, 6.07) is 3.49. The Morgan fingerprint density at radius 1 is 1.27 bits per heavy atom. The fourth-order valence-electron chi connectivity index (χ4n) is 4.28. The van der Waals surface area contributed by atoms with E-state index in [-0.39, 0.29) is 46.5 Å². The van der Waals surface area contributed by atoms with E-state index in [9.17, 15) is 22.8 Å². The lowest BCUT2D eigenvalue weighted by Gasteiger charge is -2.30. The lowest BCUT2D eigenvalue weighted by molar-refractivity contribution is -0.222. The molecule has 3 aromatic heterocycles. The number of aliphatic imine (C=N–C) groups is 1. The molecule has 1 atom stereocenters. The van der Waals surface area contributed by atoms with Gasteiger partial charge in [-0.1, -0.05) is 6.07 Å². The summed E-state index contributed by atoms with van der Waals surface area (Å²) in [4.78, 5) is 40.3. The van der Waals surface area contributed by atoms with E-state index in [1.54, 1.807) is 22.5 Å². The number of nitrogens with two attached hydrogens (primary N) is 1. The Labute approximate surface area is 211 Å². The minimum absolute atomic E-state index is 0.0331. The standard InChI is InChI=1S/C21H19F3N8O4S/c1-2-32(35-20(34)21(22,23)24)16-11(19(33)28-31-7-3-4-8-31)10-26-13(12-6-5-9-37-12)14(16)27-18(32)15-17(25)30-36-29-15/h5-6,9-10H,2-4,7-8H2,1H3,(H2-,25,28,30,33)/p+1.